The fourth-order valence-electron chi connectivity index (χ4n) is 12.6. The Morgan fingerprint density at radius 1 is 0.741 bits per heavy atom. The lowest BCUT2D eigenvalue weighted by molar-refractivity contribution is -0.322. The Balaban J connectivity index is 1.16. The van der Waals surface area contributed by atoms with Gasteiger partial charge in [0.15, 0.2) is 12.6 Å². The summed E-state index contributed by atoms with van der Waals surface area (Å²) in [5.74, 6) is -0.288. The summed E-state index contributed by atoms with van der Waals surface area (Å²) < 4.78 is 49.4. The van der Waals surface area contributed by atoms with Gasteiger partial charge in [0.2, 0.25) is 0 Å². The molecule has 0 aromatic heterocycles. The Kier molecular flexibility index (Phi) is 14.1. The highest BCUT2D eigenvalue weighted by Gasteiger charge is 2.77. The van der Waals surface area contributed by atoms with Gasteiger partial charge < -0.3 is 53.2 Å². The summed E-state index contributed by atoms with van der Waals surface area (Å²) >= 11 is 0. The zero-order chi connectivity index (χ0) is 42.5. The molecule has 0 radical (unpaired) electrons. The third-order valence-electron chi connectivity index (χ3n) is 16.0. The van der Waals surface area contributed by atoms with Crippen LogP contribution in [0.5, 0.6) is 0 Å². The van der Waals surface area contributed by atoms with Crippen molar-refractivity contribution in [1.82, 2.24) is 0 Å². The van der Waals surface area contributed by atoms with E-state index in [9.17, 15) is 24.9 Å². The number of carbonyl (C=O) groups excluding carboxylic acids is 2. The summed E-state index contributed by atoms with van der Waals surface area (Å²) in [6.07, 6.45) is 1.39. The minimum atomic E-state index is -1.59. The maximum Gasteiger partial charge on any atom is 0.306 e. The first-order valence-corrected chi connectivity index (χ1v) is 22.4. The fraction of sp³-hybridized carbons (Fsp3) is 0.956. The lowest BCUT2D eigenvalue weighted by atomic mass is 9.42. The van der Waals surface area contributed by atoms with E-state index in [1.54, 1.807) is 21.1 Å². The standard InChI is InChI=1S/C45H76O13/c1-24(2)18-36(46)55-28(7)44(49)16-17-45(50)31-13-12-29-20-30(14-15-42(29,8)32(31)21-35(43(44,45)9)57-37(47)19-25(3)4)56-38-23-34(52-11)41(27(6)54-38)58-39-22-33(51-10)40(48)26(5)53-39/h24-35,38-41,48-50H,12-23H2,1-11H3/t26-,27-,28?,29?,30?,31?,32?,33-,34-,35?,38-,39-,40-,41-,42?,43?,44?,45?/m0/s1. The molecule has 10 unspecified atom stereocenters. The summed E-state index contributed by atoms with van der Waals surface area (Å²) in [5.41, 5.74) is -4.34. The molecule has 0 spiro atoms. The molecule has 6 rings (SSSR count). The van der Waals surface area contributed by atoms with Crippen molar-refractivity contribution in [2.45, 2.75) is 218 Å². The molecule has 58 heavy (non-hydrogen) atoms. The van der Waals surface area contributed by atoms with Gasteiger partial charge in [-0.25, -0.2) is 0 Å². The first kappa shape index (κ1) is 46.1. The molecule has 6 fully saturated rings. The molecule has 0 bridgehead atoms. The second-order valence-electron chi connectivity index (χ2n) is 20.3. The summed E-state index contributed by atoms with van der Waals surface area (Å²) in [7, 11) is 3.26. The predicted octanol–water partition coefficient (Wildman–Crippen LogP) is 5.85. The number of carbonyl (C=O) groups is 2. The molecule has 334 valence electrons. The van der Waals surface area contributed by atoms with Crippen molar-refractivity contribution >= 4 is 11.9 Å². The number of ether oxygens (including phenoxy) is 8. The van der Waals surface area contributed by atoms with E-state index in [-0.39, 0.29) is 84.7 Å². The summed E-state index contributed by atoms with van der Waals surface area (Å²) in [4.78, 5) is 26.4. The van der Waals surface area contributed by atoms with E-state index in [2.05, 4.69) is 6.92 Å². The summed E-state index contributed by atoms with van der Waals surface area (Å²) in [5, 5.41) is 36.3. The second-order valence-corrected chi connectivity index (χ2v) is 20.3. The van der Waals surface area contributed by atoms with Gasteiger partial charge in [-0.05, 0) is 107 Å². The third-order valence-corrected chi connectivity index (χ3v) is 16.0. The Labute approximate surface area is 346 Å². The molecule has 18 atom stereocenters. The Morgan fingerprint density at radius 3 is 2.02 bits per heavy atom. The van der Waals surface area contributed by atoms with Crippen LogP contribution in [0.15, 0.2) is 0 Å². The van der Waals surface area contributed by atoms with Gasteiger partial charge in [0.25, 0.3) is 0 Å². The molecule has 2 heterocycles. The maximum atomic E-state index is 13.5. The van der Waals surface area contributed by atoms with Crippen molar-refractivity contribution in [2.24, 2.45) is 40.4 Å². The first-order chi connectivity index (χ1) is 27.2. The summed E-state index contributed by atoms with van der Waals surface area (Å²) in [6.45, 7) is 17.6. The number of methoxy groups -OCH3 is 2. The van der Waals surface area contributed by atoms with E-state index >= 15 is 0 Å². The largest absolute Gasteiger partial charge is 0.462 e. The van der Waals surface area contributed by atoms with Crippen LogP contribution in [0.25, 0.3) is 0 Å². The molecule has 13 heteroatoms. The van der Waals surface area contributed by atoms with Crippen LogP contribution in [0, 0.1) is 40.4 Å². The molecule has 0 amide bonds. The fourth-order valence-corrected chi connectivity index (χ4v) is 12.6. The van der Waals surface area contributed by atoms with E-state index in [0.717, 1.165) is 32.1 Å². The molecule has 13 nitrogen and oxygen atoms in total. The van der Waals surface area contributed by atoms with Gasteiger partial charge in [0, 0.05) is 39.9 Å². The molecule has 4 aliphatic carbocycles. The molecule has 0 aromatic rings. The normalized spacial score (nSPS) is 47.2. The zero-order valence-corrected chi connectivity index (χ0v) is 37.1. The van der Waals surface area contributed by atoms with E-state index in [1.165, 1.54) is 0 Å². The number of fused-ring (bicyclic) bond motifs is 5. The molecule has 3 N–H and O–H groups in total. The molecule has 6 aliphatic rings. The summed E-state index contributed by atoms with van der Waals surface area (Å²) in [6, 6.07) is 0. The van der Waals surface area contributed by atoms with Crippen molar-refractivity contribution in [3.63, 3.8) is 0 Å². The molecular weight excluding hydrogens is 748 g/mol. The van der Waals surface area contributed by atoms with Crippen LogP contribution in [0.1, 0.15) is 139 Å². The highest BCUT2D eigenvalue weighted by Crippen LogP contribution is 2.71. The quantitative estimate of drug-likeness (QED) is 0.150. The van der Waals surface area contributed by atoms with E-state index in [1.807, 2.05) is 48.5 Å². The third kappa shape index (κ3) is 8.40. The van der Waals surface area contributed by atoms with Gasteiger partial charge >= 0.3 is 11.9 Å². The highest BCUT2D eigenvalue weighted by molar-refractivity contribution is 5.70. The van der Waals surface area contributed by atoms with Crippen LogP contribution in [-0.2, 0) is 47.5 Å². The lowest BCUT2D eigenvalue weighted by Crippen LogP contribution is -2.72. The molecule has 0 aromatic carbocycles. The number of aliphatic hydroxyl groups excluding tert-OH is 1. The van der Waals surface area contributed by atoms with Gasteiger partial charge in [0.1, 0.15) is 30.0 Å². The molecule has 2 aliphatic heterocycles. The average Bonchev–Trinajstić information content (AvgIpc) is 3.37. The van der Waals surface area contributed by atoms with Gasteiger partial charge in [-0.15, -0.1) is 0 Å². The van der Waals surface area contributed by atoms with E-state index in [0.29, 0.717) is 31.6 Å². The highest BCUT2D eigenvalue weighted by atomic mass is 16.7. The van der Waals surface area contributed by atoms with E-state index < -0.39 is 59.7 Å². The lowest BCUT2D eigenvalue weighted by Gasteiger charge is -2.66. The number of hydrogen-bond acceptors (Lipinski definition) is 13. The Hall–Kier alpha value is -1.42. The van der Waals surface area contributed by atoms with Crippen molar-refractivity contribution < 1.29 is 62.8 Å². The number of aliphatic hydroxyl groups is 3. The molecule has 2 saturated heterocycles. The van der Waals surface area contributed by atoms with Crippen molar-refractivity contribution in [3.05, 3.63) is 0 Å². The van der Waals surface area contributed by atoms with Crippen LogP contribution in [0.4, 0.5) is 0 Å². The van der Waals surface area contributed by atoms with Gasteiger partial charge in [-0.3, -0.25) is 9.59 Å². The van der Waals surface area contributed by atoms with Gasteiger partial charge in [-0.2, -0.15) is 0 Å². The SMILES string of the molecule is CO[C@H]1C[C@H](O[C@H]2[C@H](C)O[C@@H](OC3CCC4(C)C(CCC5C4CC(OC(=O)CC(C)C)C4(C)C(O)(C(C)OC(=O)CC(C)C)CCC54O)C3)C[C@@H]2OC)O[C@@H](C)[C@@H]1O. The van der Waals surface area contributed by atoms with E-state index in [4.69, 9.17) is 37.9 Å². The minimum Gasteiger partial charge on any atom is -0.462 e. The number of esters is 2. The molecular formula is C45H76O13. The zero-order valence-electron chi connectivity index (χ0n) is 37.1. The van der Waals surface area contributed by atoms with Crippen LogP contribution in [-0.4, -0.2) is 120 Å². The smallest absolute Gasteiger partial charge is 0.306 e. The monoisotopic (exact) mass is 825 g/mol. The predicted molar refractivity (Wildman–Crippen MR) is 213 cm³/mol. The Bertz CT molecular complexity index is 1430. The van der Waals surface area contributed by atoms with Crippen LogP contribution < -0.4 is 0 Å². The van der Waals surface area contributed by atoms with Crippen LogP contribution in [0.3, 0.4) is 0 Å². The van der Waals surface area contributed by atoms with Gasteiger partial charge in [-0.1, -0.05) is 41.5 Å². The average molecular weight is 825 g/mol. The maximum absolute atomic E-state index is 13.5. The first-order valence-electron chi connectivity index (χ1n) is 22.4. The molecule has 4 saturated carbocycles. The van der Waals surface area contributed by atoms with Crippen molar-refractivity contribution in [2.75, 3.05) is 14.2 Å². The van der Waals surface area contributed by atoms with Crippen molar-refractivity contribution in [3.8, 4) is 0 Å². The van der Waals surface area contributed by atoms with Crippen molar-refractivity contribution in [1.29, 1.82) is 0 Å². The minimum absolute atomic E-state index is 0.0252. The number of rotatable bonds is 13. The van der Waals surface area contributed by atoms with Crippen LogP contribution >= 0.6 is 0 Å². The topological polar surface area (TPSA) is 169 Å². The second kappa shape index (κ2) is 17.8. The number of hydrogen-bond donors (Lipinski definition) is 3. The van der Waals surface area contributed by atoms with Gasteiger partial charge in [0.05, 0.1) is 41.5 Å². The van der Waals surface area contributed by atoms with Crippen LogP contribution in [0.2, 0.25) is 0 Å². The Morgan fingerprint density at radius 2 is 1.36 bits per heavy atom.